The Morgan fingerprint density at radius 2 is 1.81 bits per heavy atom. The van der Waals surface area contributed by atoms with Gasteiger partial charge in [0.1, 0.15) is 11.6 Å². The second-order valence-corrected chi connectivity index (χ2v) is 4.18. The summed E-state index contributed by atoms with van der Waals surface area (Å²) >= 11 is 0. The lowest BCUT2D eigenvalue weighted by atomic mass is 10.2. The van der Waals surface area contributed by atoms with Crippen LogP contribution >= 0.6 is 0 Å². The minimum Gasteiger partial charge on any atom is -0.399 e. The van der Waals surface area contributed by atoms with E-state index < -0.39 is 0 Å². The Labute approximate surface area is 95.1 Å². The van der Waals surface area contributed by atoms with Crippen molar-refractivity contribution < 1.29 is 0 Å². The average molecular weight is 216 g/mol. The van der Waals surface area contributed by atoms with Crippen LogP contribution < -0.4 is 5.73 Å². The Hall–Kier alpha value is -1.84. The molecule has 1 aromatic carbocycles. The average Bonchev–Trinajstić information content (AvgIpc) is 2.61. The predicted octanol–water partition coefficient (Wildman–Crippen LogP) is 2.28. The first-order valence-electron chi connectivity index (χ1n) is 5.37. The molecule has 0 fully saturated rings. The molecular formula is C12H16N4. The first-order chi connectivity index (χ1) is 7.58. The van der Waals surface area contributed by atoms with Crippen molar-refractivity contribution >= 4 is 5.69 Å². The molecule has 0 aliphatic carbocycles. The van der Waals surface area contributed by atoms with Crippen molar-refractivity contribution in [3.05, 3.63) is 35.9 Å². The third kappa shape index (κ3) is 1.91. The van der Waals surface area contributed by atoms with Crippen LogP contribution in [-0.4, -0.2) is 14.8 Å². The number of aromatic nitrogens is 3. The van der Waals surface area contributed by atoms with E-state index in [1.165, 1.54) is 0 Å². The topological polar surface area (TPSA) is 56.7 Å². The van der Waals surface area contributed by atoms with Crippen molar-refractivity contribution in [3.8, 4) is 5.69 Å². The number of aryl methyl sites for hydroxylation is 1. The van der Waals surface area contributed by atoms with Crippen LogP contribution in [0.1, 0.15) is 31.4 Å². The van der Waals surface area contributed by atoms with Crippen LogP contribution in [0.2, 0.25) is 0 Å². The van der Waals surface area contributed by atoms with Crippen molar-refractivity contribution in [2.24, 2.45) is 0 Å². The van der Waals surface area contributed by atoms with Gasteiger partial charge in [0.15, 0.2) is 0 Å². The highest BCUT2D eigenvalue weighted by Crippen LogP contribution is 2.17. The van der Waals surface area contributed by atoms with Crippen LogP contribution in [0.3, 0.4) is 0 Å². The summed E-state index contributed by atoms with van der Waals surface area (Å²) in [6.45, 7) is 6.12. The van der Waals surface area contributed by atoms with Gasteiger partial charge in [-0.05, 0) is 31.2 Å². The summed E-state index contributed by atoms with van der Waals surface area (Å²) < 4.78 is 1.87. The minimum atomic E-state index is 0.346. The highest BCUT2D eigenvalue weighted by Gasteiger charge is 2.12. The van der Waals surface area contributed by atoms with E-state index in [4.69, 9.17) is 5.73 Å². The number of nitrogens with zero attached hydrogens (tertiary/aromatic N) is 3. The summed E-state index contributed by atoms with van der Waals surface area (Å²) in [5.74, 6) is 2.11. The minimum absolute atomic E-state index is 0.346. The van der Waals surface area contributed by atoms with Crippen molar-refractivity contribution in [3.63, 3.8) is 0 Å². The van der Waals surface area contributed by atoms with Gasteiger partial charge in [-0.3, -0.25) is 0 Å². The smallest absolute Gasteiger partial charge is 0.148 e. The number of benzene rings is 1. The van der Waals surface area contributed by atoms with Gasteiger partial charge < -0.3 is 5.73 Å². The molecule has 0 bridgehead atoms. The number of hydrogen-bond donors (Lipinski definition) is 1. The van der Waals surface area contributed by atoms with E-state index in [2.05, 4.69) is 23.9 Å². The zero-order valence-electron chi connectivity index (χ0n) is 9.81. The van der Waals surface area contributed by atoms with Crippen molar-refractivity contribution in [1.29, 1.82) is 0 Å². The molecule has 0 spiro atoms. The lowest BCUT2D eigenvalue weighted by Gasteiger charge is -2.08. The van der Waals surface area contributed by atoms with E-state index >= 15 is 0 Å². The first-order valence-corrected chi connectivity index (χ1v) is 5.37. The third-order valence-electron chi connectivity index (χ3n) is 2.39. The van der Waals surface area contributed by atoms with E-state index in [1.54, 1.807) is 0 Å². The van der Waals surface area contributed by atoms with Crippen LogP contribution in [0.15, 0.2) is 24.3 Å². The SMILES string of the molecule is Cc1nc(C(C)C)n(-c2ccc(N)cc2)n1. The maximum absolute atomic E-state index is 5.66. The van der Waals surface area contributed by atoms with E-state index in [-0.39, 0.29) is 0 Å². The van der Waals surface area contributed by atoms with Gasteiger partial charge in [-0.1, -0.05) is 13.8 Å². The molecule has 0 unspecified atom stereocenters. The number of anilines is 1. The van der Waals surface area contributed by atoms with E-state index in [1.807, 2.05) is 35.9 Å². The summed E-state index contributed by atoms with van der Waals surface area (Å²) in [5, 5.41) is 4.40. The molecule has 0 aliphatic rings. The fourth-order valence-corrected chi connectivity index (χ4v) is 1.61. The number of nitrogens with two attached hydrogens (primary N) is 1. The molecule has 0 aliphatic heterocycles. The quantitative estimate of drug-likeness (QED) is 0.783. The highest BCUT2D eigenvalue weighted by atomic mass is 15.3. The molecule has 2 aromatic rings. The molecular weight excluding hydrogens is 200 g/mol. The van der Waals surface area contributed by atoms with Crippen LogP contribution in [0, 0.1) is 6.92 Å². The van der Waals surface area contributed by atoms with Crippen LogP contribution in [0.5, 0.6) is 0 Å². The maximum Gasteiger partial charge on any atom is 0.148 e. The Bertz CT molecular complexity index is 482. The Morgan fingerprint density at radius 3 is 2.38 bits per heavy atom. The molecule has 0 radical (unpaired) electrons. The summed E-state index contributed by atoms with van der Waals surface area (Å²) in [5.41, 5.74) is 7.42. The van der Waals surface area contributed by atoms with Gasteiger partial charge in [-0.15, -0.1) is 0 Å². The fourth-order valence-electron chi connectivity index (χ4n) is 1.61. The lowest BCUT2D eigenvalue weighted by Crippen LogP contribution is -2.04. The molecule has 4 heteroatoms. The standard InChI is InChI=1S/C12H16N4/c1-8(2)12-14-9(3)15-16(12)11-6-4-10(13)5-7-11/h4-8H,13H2,1-3H3. The second kappa shape index (κ2) is 3.96. The summed E-state index contributed by atoms with van der Waals surface area (Å²) in [6, 6.07) is 7.65. The van der Waals surface area contributed by atoms with Crippen LogP contribution in [0.25, 0.3) is 5.69 Å². The number of nitrogen functional groups attached to an aromatic ring is 1. The Morgan fingerprint density at radius 1 is 1.19 bits per heavy atom. The van der Waals surface area contributed by atoms with Crippen LogP contribution in [0.4, 0.5) is 5.69 Å². The largest absolute Gasteiger partial charge is 0.399 e. The molecule has 4 nitrogen and oxygen atoms in total. The Balaban J connectivity index is 2.50. The Kier molecular flexibility index (Phi) is 2.64. The molecule has 2 rings (SSSR count). The lowest BCUT2D eigenvalue weighted by molar-refractivity contribution is 0.713. The van der Waals surface area contributed by atoms with Gasteiger partial charge >= 0.3 is 0 Å². The number of hydrogen-bond acceptors (Lipinski definition) is 3. The van der Waals surface area contributed by atoms with Crippen molar-refractivity contribution in [2.45, 2.75) is 26.7 Å². The first kappa shape index (κ1) is 10.7. The van der Waals surface area contributed by atoms with Crippen molar-refractivity contribution in [2.75, 3.05) is 5.73 Å². The van der Waals surface area contributed by atoms with Gasteiger partial charge in [-0.2, -0.15) is 5.10 Å². The zero-order valence-corrected chi connectivity index (χ0v) is 9.81. The molecule has 1 aromatic heterocycles. The molecule has 16 heavy (non-hydrogen) atoms. The summed E-state index contributed by atoms with van der Waals surface area (Å²) in [6.07, 6.45) is 0. The monoisotopic (exact) mass is 216 g/mol. The second-order valence-electron chi connectivity index (χ2n) is 4.18. The van der Waals surface area contributed by atoms with Gasteiger partial charge in [-0.25, -0.2) is 9.67 Å². The third-order valence-corrected chi connectivity index (χ3v) is 2.39. The molecule has 0 saturated heterocycles. The molecule has 0 amide bonds. The molecule has 1 heterocycles. The van der Waals surface area contributed by atoms with E-state index in [0.29, 0.717) is 5.92 Å². The van der Waals surface area contributed by atoms with E-state index in [9.17, 15) is 0 Å². The van der Waals surface area contributed by atoms with Crippen molar-refractivity contribution in [1.82, 2.24) is 14.8 Å². The van der Waals surface area contributed by atoms with Gasteiger partial charge in [0.25, 0.3) is 0 Å². The summed E-state index contributed by atoms with van der Waals surface area (Å²) in [4.78, 5) is 4.43. The zero-order chi connectivity index (χ0) is 11.7. The maximum atomic E-state index is 5.66. The van der Waals surface area contributed by atoms with Gasteiger partial charge in [0.2, 0.25) is 0 Å². The highest BCUT2D eigenvalue weighted by molar-refractivity contribution is 5.45. The molecule has 2 N–H and O–H groups in total. The van der Waals surface area contributed by atoms with E-state index in [0.717, 1.165) is 23.0 Å². The molecule has 0 atom stereocenters. The summed E-state index contributed by atoms with van der Waals surface area (Å²) in [7, 11) is 0. The normalized spacial score (nSPS) is 11.0. The molecule has 84 valence electrons. The van der Waals surface area contributed by atoms with Crippen LogP contribution in [-0.2, 0) is 0 Å². The molecule has 0 saturated carbocycles. The van der Waals surface area contributed by atoms with Gasteiger partial charge in [0.05, 0.1) is 5.69 Å². The van der Waals surface area contributed by atoms with Gasteiger partial charge in [0, 0.05) is 11.6 Å². The number of rotatable bonds is 2. The fraction of sp³-hybridized carbons (Fsp3) is 0.333. The predicted molar refractivity (Wildman–Crippen MR) is 64.6 cm³/mol.